The largest absolute Gasteiger partial charge is 0.339 e. The number of rotatable bonds is 7. The number of carbonyl (C=O) groups is 3. The highest BCUT2D eigenvalue weighted by Gasteiger charge is 2.45. The molecule has 0 radical (unpaired) electrons. The van der Waals surface area contributed by atoms with Gasteiger partial charge in [0.05, 0.1) is 6.54 Å². The second-order valence-corrected chi connectivity index (χ2v) is 10.8. The van der Waals surface area contributed by atoms with Crippen LogP contribution >= 0.6 is 0 Å². The van der Waals surface area contributed by atoms with Crippen molar-refractivity contribution in [2.75, 3.05) is 45.8 Å². The number of carbonyl (C=O) groups excluding carboxylic acids is 3. The van der Waals surface area contributed by atoms with Crippen molar-refractivity contribution in [3.05, 3.63) is 107 Å². The third-order valence-electron chi connectivity index (χ3n) is 8.40. The van der Waals surface area contributed by atoms with E-state index in [4.69, 9.17) is 0 Å². The molecule has 2 aliphatic rings. The average molecular weight is 524 g/mol. The summed E-state index contributed by atoms with van der Waals surface area (Å²) in [4.78, 5) is 45.6. The molecule has 1 N–H and O–H groups in total. The van der Waals surface area contributed by atoms with Gasteiger partial charge in [-0.1, -0.05) is 78.9 Å². The predicted octanol–water partition coefficient (Wildman–Crippen LogP) is 4.13. The highest BCUT2D eigenvalue weighted by molar-refractivity contribution is 6.02. The topological polar surface area (TPSA) is 69.7 Å². The number of aryl methyl sites for hydroxylation is 1. The van der Waals surface area contributed by atoms with Crippen LogP contribution in [0.4, 0.5) is 0 Å². The van der Waals surface area contributed by atoms with Crippen LogP contribution in [-0.4, -0.2) is 73.1 Å². The molecule has 1 amide bonds. The first-order valence-corrected chi connectivity index (χ1v) is 13.9. The van der Waals surface area contributed by atoms with Gasteiger partial charge in [0.25, 0.3) is 0 Å². The number of nitrogens with zero attached hydrogens (tertiary/aromatic N) is 2. The Balaban J connectivity index is 1.57. The lowest BCUT2D eigenvalue weighted by Crippen LogP contribution is -2.55. The summed E-state index contributed by atoms with van der Waals surface area (Å²) in [6.45, 7) is 8.14. The van der Waals surface area contributed by atoms with Gasteiger partial charge in [0, 0.05) is 68.1 Å². The third kappa shape index (κ3) is 5.87. The van der Waals surface area contributed by atoms with Crippen molar-refractivity contribution in [2.45, 2.75) is 19.8 Å². The first-order valence-electron chi connectivity index (χ1n) is 13.9. The molecule has 3 aromatic carbocycles. The molecule has 0 saturated carbocycles. The molecule has 2 saturated heterocycles. The van der Waals surface area contributed by atoms with E-state index < -0.39 is 11.8 Å². The fourth-order valence-electron chi connectivity index (χ4n) is 6.17. The Morgan fingerprint density at radius 3 is 1.82 bits per heavy atom. The van der Waals surface area contributed by atoms with E-state index in [0.717, 1.165) is 29.8 Å². The Morgan fingerprint density at radius 1 is 0.744 bits per heavy atom. The zero-order valence-corrected chi connectivity index (χ0v) is 22.8. The van der Waals surface area contributed by atoms with Gasteiger partial charge in [0.2, 0.25) is 5.91 Å². The van der Waals surface area contributed by atoms with Crippen molar-refractivity contribution in [1.82, 2.24) is 15.1 Å². The average Bonchev–Trinajstić information content (AvgIpc) is 2.99. The van der Waals surface area contributed by atoms with Crippen LogP contribution in [0.2, 0.25) is 0 Å². The number of nitrogens with one attached hydrogen (secondary N) is 1. The van der Waals surface area contributed by atoms with Gasteiger partial charge in [-0.15, -0.1) is 0 Å². The normalized spacial score (nSPS) is 20.5. The maximum Gasteiger partial charge on any atom is 0.236 e. The number of piperidine rings is 1. The van der Waals surface area contributed by atoms with Crippen LogP contribution in [0.3, 0.4) is 0 Å². The van der Waals surface area contributed by atoms with Gasteiger partial charge in [-0.3, -0.25) is 19.3 Å². The Morgan fingerprint density at radius 2 is 1.28 bits per heavy atom. The van der Waals surface area contributed by atoms with Crippen molar-refractivity contribution >= 4 is 17.5 Å². The number of amides is 1. The van der Waals surface area contributed by atoms with Crippen molar-refractivity contribution < 1.29 is 14.4 Å². The van der Waals surface area contributed by atoms with E-state index in [0.29, 0.717) is 37.3 Å². The minimum atomic E-state index is -0.463. The number of hydrogen-bond donors (Lipinski definition) is 1. The van der Waals surface area contributed by atoms with Gasteiger partial charge in [-0.05, 0) is 30.5 Å². The molecule has 2 heterocycles. The Labute approximate surface area is 231 Å². The second-order valence-electron chi connectivity index (χ2n) is 10.8. The van der Waals surface area contributed by atoms with E-state index >= 15 is 0 Å². The quantitative estimate of drug-likeness (QED) is 0.472. The maximum absolute atomic E-state index is 14.2. The second kappa shape index (κ2) is 12.1. The first-order chi connectivity index (χ1) is 18.9. The molecule has 2 fully saturated rings. The fraction of sp³-hybridized carbons (Fsp3) is 0.364. The highest BCUT2D eigenvalue weighted by atomic mass is 16.2. The Hall–Kier alpha value is -3.61. The van der Waals surface area contributed by atoms with Crippen LogP contribution in [0.15, 0.2) is 78.9 Å². The van der Waals surface area contributed by atoms with Crippen molar-refractivity contribution in [1.29, 1.82) is 0 Å². The molecular weight excluding hydrogens is 486 g/mol. The summed E-state index contributed by atoms with van der Waals surface area (Å²) in [5.41, 5.74) is 4.58. The molecular formula is C33H37N3O3. The highest BCUT2D eigenvalue weighted by Crippen LogP contribution is 2.42. The molecule has 2 atom stereocenters. The Bertz CT molecular complexity index is 1260. The molecule has 0 aliphatic carbocycles. The van der Waals surface area contributed by atoms with E-state index in [2.05, 4.69) is 31.3 Å². The van der Waals surface area contributed by atoms with E-state index in [1.165, 1.54) is 0 Å². The molecule has 0 unspecified atom stereocenters. The standard InChI is InChI=1S/C33H37N3O3/c1-23-10-9-15-27(24(23)2)31-28(32(38)25-11-5-3-6-12-25)20-35(22-30(37)36-18-16-34-17-19-36)21-29(31)33(39)26-13-7-4-8-14-26/h3-15,28-29,31,34H,16-22H2,1-2H3/t28-,29-/m0/s1. The number of piperazine rings is 1. The smallest absolute Gasteiger partial charge is 0.236 e. The number of Topliss-reactive ketones (excluding diaryl/α,β-unsaturated/α-hetero) is 2. The van der Waals surface area contributed by atoms with Gasteiger partial charge in [-0.25, -0.2) is 0 Å². The molecule has 3 aromatic rings. The summed E-state index contributed by atoms with van der Waals surface area (Å²) >= 11 is 0. The fourth-order valence-corrected chi connectivity index (χ4v) is 6.17. The van der Waals surface area contributed by atoms with E-state index in [1.807, 2.05) is 76.5 Å². The van der Waals surface area contributed by atoms with E-state index in [9.17, 15) is 14.4 Å². The summed E-state index contributed by atoms with van der Waals surface area (Å²) in [6, 6.07) is 24.9. The molecule has 202 valence electrons. The minimum absolute atomic E-state index is 0.0201. The Kier molecular flexibility index (Phi) is 8.34. The van der Waals surface area contributed by atoms with E-state index in [1.54, 1.807) is 0 Å². The molecule has 0 bridgehead atoms. The van der Waals surface area contributed by atoms with Crippen LogP contribution in [0.5, 0.6) is 0 Å². The van der Waals surface area contributed by atoms with Gasteiger partial charge < -0.3 is 10.2 Å². The van der Waals surface area contributed by atoms with Crippen LogP contribution in [-0.2, 0) is 4.79 Å². The lowest BCUT2D eigenvalue weighted by Gasteiger charge is -2.44. The molecule has 6 heteroatoms. The lowest BCUT2D eigenvalue weighted by atomic mass is 9.67. The summed E-state index contributed by atoms with van der Waals surface area (Å²) < 4.78 is 0. The lowest BCUT2D eigenvalue weighted by molar-refractivity contribution is -0.133. The molecule has 39 heavy (non-hydrogen) atoms. The summed E-state index contributed by atoms with van der Waals surface area (Å²) in [7, 11) is 0. The van der Waals surface area contributed by atoms with Gasteiger partial charge in [0.1, 0.15) is 0 Å². The van der Waals surface area contributed by atoms with Crippen LogP contribution in [0.1, 0.15) is 43.3 Å². The summed E-state index contributed by atoms with van der Waals surface area (Å²) in [5, 5.41) is 3.29. The van der Waals surface area contributed by atoms with E-state index in [-0.39, 0.29) is 29.9 Å². The maximum atomic E-state index is 14.2. The van der Waals surface area contributed by atoms with Gasteiger partial charge in [-0.2, -0.15) is 0 Å². The molecule has 5 rings (SSSR count). The molecule has 0 spiro atoms. The molecule has 0 aromatic heterocycles. The zero-order valence-electron chi connectivity index (χ0n) is 22.8. The van der Waals surface area contributed by atoms with Crippen molar-refractivity contribution in [3.8, 4) is 0 Å². The molecule has 6 nitrogen and oxygen atoms in total. The summed E-state index contributed by atoms with van der Waals surface area (Å²) in [6.07, 6.45) is 0. The van der Waals surface area contributed by atoms with Gasteiger partial charge in [0.15, 0.2) is 11.6 Å². The number of likely N-dealkylation sites (tertiary alicyclic amines) is 1. The number of benzene rings is 3. The molecule has 2 aliphatic heterocycles. The monoisotopic (exact) mass is 523 g/mol. The van der Waals surface area contributed by atoms with Crippen LogP contribution in [0.25, 0.3) is 0 Å². The van der Waals surface area contributed by atoms with Gasteiger partial charge >= 0.3 is 0 Å². The zero-order chi connectivity index (χ0) is 27.4. The minimum Gasteiger partial charge on any atom is -0.339 e. The third-order valence-corrected chi connectivity index (χ3v) is 8.40. The van der Waals surface area contributed by atoms with Crippen molar-refractivity contribution in [3.63, 3.8) is 0 Å². The predicted molar refractivity (Wildman–Crippen MR) is 153 cm³/mol. The summed E-state index contributed by atoms with van der Waals surface area (Å²) in [5.74, 6) is -1.13. The van der Waals surface area contributed by atoms with Crippen molar-refractivity contribution in [2.24, 2.45) is 11.8 Å². The first kappa shape index (κ1) is 27.0. The van der Waals surface area contributed by atoms with Crippen LogP contribution < -0.4 is 5.32 Å². The SMILES string of the molecule is Cc1cccc(C2[C@@H](C(=O)c3ccccc3)CN(CC(=O)N3CCNCC3)C[C@@H]2C(=O)c2ccccc2)c1C. The van der Waals surface area contributed by atoms with Crippen LogP contribution in [0, 0.1) is 25.7 Å². The number of hydrogen-bond acceptors (Lipinski definition) is 5. The number of ketones is 2.